The molecule has 0 radical (unpaired) electrons. The molecule has 0 unspecified atom stereocenters. The van der Waals surface area contributed by atoms with Crippen LogP contribution in [0.3, 0.4) is 0 Å². The zero-order valence-corrected chi connectivity index (χ0v) is 14.4. The Morgan fingerprint density at radius 3 is 2.36 bits per heavy atom. The number of nitrogens with zero attached hydrogens (tertiary/aromatic N) is 2. The van der Waals surface area contributed by atoms with Crippen molar-refractivity contribution in [2.75, 3.05) is 0 Å². The molecule has 7 heteroatoms. The molecule has 0 saturated carbocycles. The second kappa shape index (κ2) is 7.91. The van der Waals surface area contributed by atoms with Gasteiger partial charge in [-0.1, -0.05) is 13.8 Å². The molecule has 0 aliphatic rings. The summed E-state index contributed by atoms with van der Waals surface area (Å²) in [5, 5.41) is 3.21. The van der Waals surface area contributed by atoms with Crippen LogP contribution in [0.2, 0.25) is 0 Å². The number of halogens is 4. The monoisotopic (exact) mass is 355 g/mol. The lowest BCUT2D eigenvalue weighted by Gasteiger charge is -2.16. The Labute approximate surface area is 144 Å². The quantitative estimate of drug-likeness (QED) is 0.755. The molecule has 0 aromatic carbocycles. The standard InChI is InChI=1S/C18H21F4N3/c1-11(2)8-12(3)23-10-16-14(19)5-6-15(25-16)13-4-7-17(24-9-13)18(20,21)22/h4-7,9,11-12,23H,8,10H2,1-3H3/t12-/m0/s1. The topological polar surface area (TPSA) is 37.8 Å². The molecule has 25 heavy (non-hydrogen) atoms. The molecule has 2 aromatic heterocycles. The summed E-state index contributed by atoms with van der Waals surface area (Å²) in [5.74, 6) is 0.0673. The summed E-state index contributed by atoms with van der Waals surface area (Å²) in [6, 6.07) is 5.08. The average Bonchev–Trinajstić information content (AvgIpc) is 2.53. The Morgan fingerprint density at radius 2 is 1.80 bits per heavy atom. The first-order chi connectivity index (χ1) is 11.7. The van der Waals surface area contributed by atoms with Crippen LogP contribution in [-0.2, 0) is 12.7 Å². The molecular weight excluding hydrogens is 334 g/mol. The van der Waals surface area contributed by atoms with Gasteiger partial charge in [0.1, 0.15) is 11.5 Å². The molecule has 1 N–H and O–H groups in total. The maximum absolute atomic E-state index is 14.0. The predicted molar refractivity (Wildman–Crippen MR) is 88.2 cm³/mol. The first-order valence-corrected chi connectivity index (χ1v) is 8.09. The second-order valence-corrected chi connectivity index (χ2v) is 6.47. The SMILES string of the molecule is CC(C)C[C@H](C)NCc1nc(-c2ccc(C(F)(F)F)nc2)ccc1F. The van der Waals surface area contributed by atoms with E-state index in [-0.39, 0.29) is 18.3 Å². The van der Waals surface area contributed by atoms with Crippen molar-refractivity contribution in [2.24, 2.45) is 5.92 Å². The van der Waals surface area contributed by atoms with Crippen LogP contribution in [-0.4, -0.2) is 16.0 Å². The number of alkyl halides is 3. The first kappa shape index (κ1) is 19.3. The van der Waals surface area contributed by atoms with Gasteiger partial charge in [-0.15, -0.1) is 0 Å². The third-order valence-corrected chi connectivity index (χ3v) is 3.71. The summed E-state index contributed by atoms with van der Waals surface area (Å²) in [6.07, 6.45) is -2.44. The molecular formula is C18H21F4N3. The van der Waals surface area contributed by atoms with E-state index in [2.05, 4.69) is 29.1 Å². The Kier molecular flexibility index (Phi) is 6.11. The van der Waals surface area contributed by atoms with Crippen LogP contribution < -0.4 is 5.32 Å². The zero-order valence-electron chi connectivity index (χ0n) is 14.4. The third-order valence-electron chi connectivity index (χ3n) is 3.71. The predicted octanol–water partition coefficient (Wildman–Crippen LogP) is 4.83. The fraction of sp³-hybridized carbons (Fsp3) is 0.444. The van der Waals surface area contributed by atoms with E-state index < -0.39 is 17.7 Å². The van der Waals surface area contributed by atoms with E-state index in [1.807, 2.05) is 6.92 Å². The van der Waals surface area contributed by atoms with Gasteiger partial charge in [-0.25, -0.2) is 9.37 Å². The molecule has 0 aliphatic heterocycles. The van der Waals surface area contributed by atoms with E-state index in [1.165, 1.54) is 18.2 Å². The second-order valence-electron chi connectivity index (χ2n) is 6.47. The van der Waals surface area contributed by atoms with Crippen molar-refractivity contribution in [1.82, 2.24) is 15.3 Å². The number of nitrogens with one attached hydrogen (secondary N) is 1. The fourth-order valence-electron chi connectivity index (χ4n) is 2.54. The van der Waals surface area contributed by atoms with Crippen LogP contribution in [0.15, 0.2) is 30.5 Å². The molecule has 0 spiro atoms. The van der Waals surface area contributed by atoms with Crippen LogP contribution in [0.25, 0.3) is 11.3 Å². The maximum atomic E-state index is 14.0. The molecule has 2 heterocycles. The van der Waals surface area contributed by atoms with Crippen molar-refractivity contribution in [1.29, 1.82) is 0 Å². The van der Waals surface area contributed by atoms with E-state index in [4.69, 9.17) is 0 Å². The smallest absolute Gasteiger partial charge is 0.309 e. The molecule has 0 amide bonds. The van der Waals surface area contributed by atoms with Crippen LogP contribution in [0, 0.1) is 11.7 Å². The molecule has 2 rings (SSSR count). The lowest BCUT2D eigenvalue weighted by atomic mass is 10.1. The summed E-state index contributed by atoms with van der Waals surface area (Å²) >= 11 is 0. The van der Waals surface area contributed by atoms with Gasteiger partial charge in [-0.3, -0.25) is 4.98 Å². The average molecular weight is 355 g/mol. The maximum Gasteiger partial charge on any atom is 0.433 e. The van der Waals surface area contributed by atoms with Gasteiger partial charge in [0.05, 0.1) is 11.4 Å². The minimum atomic E-state index is -4.49. The highest BCUT2D eigenvalue weighted by atomic mass is 19.4. The van der Waals surface area contributed by atoms with Gasteiger partial charge in [-0.2, -0.15) is 13.2 Å². The number of pyridine rings is 2. The summed E-state index contributed by atoms with van der Waals surface area (Å²) in [6.45, 7) is 6.48. The van der Waals surface area contributed by atoms with E-state index in [1.54, 1.807) is 0 Å². The van der Waals surface area contributed by atoms with Crippen molar-refractivity contribution in [2.45, 2.75) is 46.0 Å². The Hall–Kier alpha value is -2.02. The Balaban J connectivity index is 2.15. The van der Waals surface area contributed by atoms with E-state index in [9.17, 15) is 17.6 Å². The summed E-state index contributed by atoms with van der Waals surface area (Å²) in [4.78, 5) is 7.64. The third kappa shape index (κ3) is 5.49. The van der Waals surface area contributed by atoms with Crippen molar-refractivity contribution in [3.05, 3.63) is 47.7 Å². The largest absolute Gasteiger partial charge is 0.433 e. The van der Waals surface area contributed by atoms with Gasteiger partial charge in [0.25, 0.3) is 0 Å². The van der Waals surface area contributed by atoms with Crippen molar-refractivity contribution in [3.63, 3.8) is 0 Å². The van der Waals surface area contributed by atoms with Gasteiger partial charge in [-0.05, 0) is 43.5 Å². The summed E-state index contributed by atoms with van der Waals surface area (Å²) in [7, 11) is 0. The number of rotatable bonds is 6. The van der Waals surface area contributed by atoms with E-state index in [0.717, 1.165) is 18.7 Å². The Morgan fingerprint density at radius 1 is 1.08 bits per heavy atom. The summed E-state index contributed by atoms with van der Waals surface area (Å²) < 4.78 is 51.7. The fourth-order valence-corrected chi connectivity index (χ4v) is 2.54. The number of hydrogen-bond donors (Lipinski definition) is 1. The highest BCUT2D eigenvalue weighted by molar-refractivity contribution is 5.58. The lowest BCUT2D eigenvalue weighted by molar-refractivity contribution is -0.141. The first-order valence-electron chi connectivity index (χ1n) is 8.09. The minimum Gasteiger partial charge on any atom is -0.309 e. The zero-order chi connectivity index (χ0) is 18.6. The number of aromatic nitrogens is 2. The molecule has 3 nitrogen and oxygen atoms in total. The van der Waals surface area contributed by atoms with Crippen molar-refractivity contribution in [3.8, 4) is 11.3 Å². The molecule has 2 aromatic rings. The van der Waals surface area contributed by atoms with Gasteiger partial charge in [0.15, 0.2) is 0 Å². The molecule has 1 atom stereocenters. The highest BCUT2D eigenvalue weighted by Gasteiger charge is 2.32. The highest BCUT2D eigenvalue weighted by Crippen LogP contribution is 2.28. The van der Waals surface area contributed by atoms with Crippen molar-refractivity contribution < 1.29 is 17.6 Å². The normalized spacial score (nSPS) is 13.3. The molecule has 0 aliphatic carbocycles. The Bertz CT molecular complexity index is 696. The van der Waals surface area contributed by atoms with Crippen LogP contribution in [0.4, 0.5) is 17.6 Å². The van der Waals surface area contributed by atoms with Gasteiger partial charge in [0.2, 0.25) is 0 Å². The van der Waals surface area contributed by atoms with Gasteiger partial charge >= 0.3 is 6.18 Å². The van der Waals surface area contributed by atoms with Crippen LogP contribution in [0.5, 0.6) is 0 Å². The van der Waals surface area contributed by atoms with Crippen LogP contribution >= 0.6 is 0 Å². The summed E-state index contributed by atoms with van der Waals surface area (Å²) in [5.41, 5.74) is 0.0520. The number of hydrogen-bond acceptors (Lipinski definition) is 3. The van der Waals surface area contributed by atoms with E-state index >= 15 is 0 Å². The van der Waals surface area contributed by atoms with Crippen molar-refractivity contribution >= 4 is 0 Å². The minimum absolute atomic E-state index is 0.206. The molecule has 0 bridgehead atoms. The molecule has 136 valence electrons. The van der Waals surface area contributed by atoms with Gasteiger partial charge < -0.3 is 5.32 Å². The molecule has 0 fully saturated rings. The van der Waals surface area contributed by atoms with Crippen LogP contribution in [0.1, 0.15) is 38.6 Å². The van der Waals surface area contributed by atoms with Gasteiger partial charge in [0, 0.05) is 24.3 Å². The lowest BCUT2D eigenvalue weighted by Crippen LogP contribution is -2.27. The van der Waals surface area contributed by atoms with E-state index in [0.29, 0.717) is 17.2 Å². The molecule has 0 saturated heterocycles.